The van der Waals surface area contributed by atoms with Gasteiger partial charge in [0.2, 0.25) is 0 Å². The highest BCUT2D eigenvalue weighted by Crippen LogP contribution is 2.35. The van der Waals surface area contributed by atoms with Crippen LogP contribution in [0.4, 0.5) is 10.7 Å². The maximum Gasteiger partial charge on any atom is 0.341 e. The van der Waals surface area contributed by atoms with Crippen LogP contribution in [0.2, 0.25) is 0 Å². The first-order valence-corrected chi connectivity index (χ1v) is 10.6. The normalized spacial score (nSPS) is 13.6. The van der Waals surface area contributed by atoms with Crippen molar-refractivity contribution in [3.63, 3.8) is 0 Å². The predicted molar refractivity (Wildman–Crippen MR) is 116 cm³/mol. The Morgan fingerprint density at radius 3 is 2.45 bits per heavy atom. The van der Waals surface area contributed by atoms with E-state index in [4.69, 9.17) is 4.74 Å². The molecule has 1 saturated heterocycles. The Morgan fingerprint density at radius 2 is 1.84 bits per heavy atom. The summed E-state index contributed by atoms with van der Waals surface area (Å²) in [4.78, 5) is 50.9. The van der Waals surface area contributed by atoms with Gasteiger partial charge in [-0.1, -0.05) is 6.07 Å². The van der Waals surface area contributed by atoms with E-state index in [0.717, 1.165) is 30.6 Å². The van der Waals surface area contributed by atoms with Gasteiger partial charge in [-0.25, -0.2) is 4.79 Å². The number of rotatable bonds is 5. The van der Waals surface area contributed by atoms with Crippen LogP contribution in [0, 0.1) is 24.0 Å². The number of likely N-dealkylation sites (tertiary alicyclic amines) is 1. The second-order valence-electron chi connectivity index (χ2n) is 7.32. The Labute approximate surface area is 183 Å². The first-order valence-electron chi connectivity index (χ1n) is 9.82. The summed E-state index contributed by atoms with van der Waals surface area (Å²) in [6, 6.07) is 4.14. The van der Waals surface area contributed by atoms with Crippen LogP contribution in [-0.2, 0) is 4.74 Å². The number of nitro benzene ring substituents is 1. The van der Waals surface area contributed by atoms with Crippen molar-refractivity contribution in [2.75, 3.05) is 25.5 Å². The number of methoxy groups -OCH3 is 1. The summed E-state index contributed by atoms with van der Waals surface area (Å²) >= 11 is 1.01. The van der Waals surface area contributed by atoms with Crippen molar-refractivity contribution >= 4 is 39.8 Å². The largest absolute Gasteiger partial charge is 0.465 e. The number of piperidine rings is 1. The summed E-state index contributed by atoms with van der Waals surface area (Å²) < 4.78 is 4.85. The maximum atomic E-state index is 13.0. The third-order valence-corrected chi connectivity index (χ3v) is 6.46. The van der Waals surface area contributed by atoms with E-state index in [1.54, 1.807) is 18.7 Å². The van der Waals surface area contributed by atoms with Gasteiger partial charge in [-0.05, 0) is 44.7 Å². The number of ether oxygens (including phenoxy) is 1. The highest BCUT2D eigenvalue weighted by Gasteiger charge is 2.29. The van der Waals surface area contributed by atoms with E-state index < -0.39 is 16.8 Å². The molecule has 9 nitrogen and oxygen atoms in total. The maximum absolute atomic E-state index is 13.0. The lowest BCUT2D eigenvalue weighted by Crippen LogP contribution is -2.35. The van der Waals surface area contributed by atoms with Crippen LogP contribution >= 0.6 is 11.3 Å². The fourth-order valence-corrected chi connectivity index (χ4v) is 4.67. The number of esters is 1. The number of amides is 2. The van der Waals surface area contributed by atoms with Gasteiger partial charge in [0.15, 0.2) is 0 Å². The van der Waals surface area contributed by atoms with Crippen LogP contribution in [0.3, 0.4) is 0 Å². The van der Waals surface area contributed by atoms with Crippen molar-refractivity contribution in [1.29, 1.82) is 0 Å². The number of aryl methyl sites for hydroxylation is 1. The lowest BCUT2D eigenvalue weighted by Gasteiger charge is -2.26. The topological polar surface area (TPSA) is 119 Å². The summed E-state index contributed by atoms with van der Waals surface area (Å²) in [5, 5.41) is 14.0. The number of carbonyl (C=O) groups is 3. The number of benzene rings is 1. The van der Waals surface area contributed by atoms with Crippen LogP contribution in [-0.4, -0.2) is 47.8 Å². The van der Waals surface area contributed by atoms with E-state index in [-0.39, 0.29) is 27.7 Å². The summed E-state index contributed by atoms with van der Waals surface area (Å²) in [5.74, 6) is -1.47. The number of nitro groups is 1. The van der Waals surface area contributed by atoms with Gasteiger partial charge in [-0.3, -0.25) is 19.7 Å². The van der Waals surface area contributed by atoms with Gasteiger partial charge in [0.1, 0.15) is 5.00 Å². The highest BCUT2D eigenvalue weighted by atomic mass is 32.1. The molecular weight excluding hydrogens is 422 g/mol. The van der Waals surface area contributed by atoms with Crippen LogP contribution in [0.1, 0.15) is 60.8 Å². The predicted octanol–water partition coefficient (Wildman–Crippen LogP) is 3.94. The number of hydrogen-bond donors (Lipinski definition) is 1. The molecule has 0 saturated carbocycles. The molecule has 10 heteroatoms. The van der Waals surface area contributed by atoms with Gasteiger partial charge in [0.25, 0.3) is 17.5 Å². The first kappa shape index (κ1) is 22.4. The molecule has 2 amide bonds. The third kappa shape index (κ3) is 4.58. The summed E-state index contributed by atoms with van der Waals surface area (Å²) in [7, 11) is 1.22. The number of carbonyl (C=O) groups excluding carboxylic acids is 3. The average molecular weight is 445 g/mol. The number of hydrogen-bond acceptors (Lipinski definition) is 7. The summed E-state index contributed by atoms with van der Waals surface area (Å²) in [5.41, 5.74) is 0.880. The fraction of sp³-hybridized carbons (Fsp3) is 0.381. The number of nitrogens with zero attached hydrogens (tertiary/aromatic N) is 2. The number of thiophene rings is 1. The van der Waals surface area contributed by atoms with Gasteiger partial charge in [0.05, 0.1) is 22.5 Å². The van der Waals surface area contributed by atoms with Crippen molar-refractivity contribution in [3.8, 4) is 0 Å². The Morgan fingerprint density at radius 1 is 1.16 bits per heavy atom. The molecule has 0 aliphatic carbocycles. The Balaban J connectivity index is 1.95. The minimum atomic E-state index is -0.670. The molecule has 1 N–H and O–H groups in total. The number of anilines is 1. The van der Waals surface area contributed by atoms with E-state index in [1.165, 1.54) is 25.3 Å². The van der Waals surface area contributed by atoms with E-state index in [9.17, 15) is 24.5 Å². The molecule has 164 valence electrons. The Hall–Kier alpha value is -3.27. The molecule has 1 aromatic carbocycles. The van der Waals surface area contributed by atoms with E-state index in [1.807, 2.05) is 0 Å². The molecule has 1 aromatic heterocycles. The van der Waals surface area contributed by atoms with Crippen LogP contribution in [0.15, 0.2) is 18.2 Å². The quantitative estimate of drug-likeness (QED) is 0.423. The Bertz CT molecular complexity index is 1060. The standard InChI is InChI=1S/C21H23N3O6S/c1-12-7-8-14(11-15(12)24(28)29)18(25)22-19-16(21(27)30-3)13(2)17(31-19)20(26)23-9-5-4-6-10-23/h7-8,11H,4-6,9-10H2,1-3H3,(H,22,25). The van der Waals surface area contributed by atoms with Gasteiger partial charge in [-0.15, -0.1) is 11.3 Å². The molecule has 0 radical (unpaired) electrons. The van der Waals surface area contributed by atoms with E-state index >= 15 is 0 Å². The SMILES string of the molecule is COC(=O)c1c(NC(=O)c2ccc(C)c([N+](=O)[O-])c2)sc(C(=O)N2CCCCC2)c1C. The zero-order valence-corrected chi connectivity index (χ0v) is 18.3. The minimum Gasteiger partial charge on any atom is -0.465 e. The molecule has 0 spiro atoms. The molecule has 1 fully saturated rings. The van der Waals surface area contributed by atoms with Crippen molar-refractivity contribution in [1.82, 2.24) is 4.90 Å². The Kier molecular flexibility index (Phi) is 6.69. The van der Waals surface area contributed by atoms with Crippen molar-refractivity contribution < 1.29 is 24.0 Å². The molecule has 1 aliphatic rings. The minimum absolute atomic E-state index is 0.0723. The molecular formula is C21H23N3O6S. The molecule has 2 aromatic rings. The van der Waals surface area contributed by atoms with Crippen molar-refractivity contribution in [3.05, 3.63) is 55.4 Å². The summed E-state index contributed by atoms with van der Waals surface area (Å²) in [6.07, 6.45) is 2.93. The van der Waals surface area contributed by atoms with Crippen molar-refractivity contribution in [2.24, 2.45) is 0 Å². The second-order valence-corrected chi connectivity index (χ2v) is 8.34. The lowest BCUT2D eigenvalue weighted by atomic mass is 10.1. The summed E-state index contributed by atoms with van der Waals surface area (Å²) in [6.45, 7) is 4.53. The monoisotopic (exact) mass is 445 g/mol. The van der Waals surface area contributed by atoms with Gasteiger partial charge in [0, 0.05) is 30.3 Å². The molecule has 0 unspecified atom stereocenters. The third-order valence-electron chi connectivity index (χ3n) is 5.27. The molecule has 2 heterocycles. The number of nitrogens with one attached hydrogen (secondary N) is 1. The fourth-order valence-electron chi connectivity index (χ4n) is 3.52. The zero-order valence-electron chi connectivity index (χ0n) is 17.5. The zero-order chi connectivity index (χ0) is 22.7. The first-order chi connectivity index (χ1) is 14.7. The molecule has 1 aliphatic heterocycles. The average Bonchev–Trinajstić information content (AvgIpc) is 3.08. The van der Waals surface area contributed by atoms with Crippen LogP contribution in [0.25, 0.3) is 0 Å². The van der Waals surface area contributed by atoms with Gasteiger partial charge >= 0.3 is 5.97 Å². The smallest absolute Gasteiger partial charge is 0.341 e. The molecule has 31 heavy (non-hydrogen) atoms. The highest BCUT2D eigenvalue weighted by molar-refractivity contribution is 7.18. The second kappa shape index (κ2) is 9.25. The molecule has 0 atom stereocenters. The van der Waals surface area contributed by atoms with Crippen molar-refractivity contribution in [2.45, 2.75) is 33.1 Å². The molecule has 0 bridgehead atoms. The van der Waals surface area contributed by atoms with E-state index in [0.29, 0.717) is 29.1 Å². The van der Waals surface area contributed by atoms with Crippen LogP contribution < -0.4 is 5.32 Å². The van der Waals surface area contributed by atoms with Gasteiger partial charge < -0.3 is 15.0 Å². The van der Waals surface area contributed by atoms with Crippen LogP contribution in [0.5, 0.6) is 0 Å². The molecule has 3 rings (SSSR count). The van der Waals surface area contributed by atoms with E-state index in [2.05, 4.69) is 5.32 Å². The van der Waals surface area contributed by atoms with Gasteiger partial charge in [-0.2, -0.15) is 0 Å². The lowest BCUT2D eigenvalue weighted by molar-refractivity contribution is -0.385.